The molecular weight excluding hydrogens is 641 g/mol. The summed E-state index contributed by atoms with van der Waals surface area (Å²) in [5.41, 5.74) is 1.41. The van der Waals surface area contributed by atoms with Gasteiger partial charge in [0.25, 0.3) is 0 Å². The molecule has 0 amide bonds. The van der Waals surface area contributed by atoms with Crippen LogP contribution in [-0.4, -0.2) is 11.5 Å². The molecule has 1 rings (SSSR count). The second-order valence-electron chi connectivity index (χ2n) is 15.8. The Balaban J connectivity index is 1.91. The summed E-state index contributed by atoms with van der Waals surface area (Å²) in [6.07, 6.45) is 53.1. The third kappa shape index (κ3) is 33.7. The van der Waals surface area contributed by atoms with Crippen molar-refractivity contribution in [2.75, 3.05) is 11.5 Å². The number of unbranched alkanes of at least 4 members (excludes halogenated alkanes) is 34. The van der Waals surface area contributed by atoms with Crippen molar-refractivity contribution in [1.82, 2.24) is 0 Å². The van der Waals surface area contributed by atoms with Crippen molar-refractivity contribution in [3.63, 3.8) is 0 Å². The van der Waals surface area contributed by atoms with Gasteiger partial charge in [0.05, 0.1) is 0 Å². The molecule has 1 aromatic rings. The highest BCUT2D eigenvalue weighted by molar-refractivity contribution is 8.00. The molecule has 50 heavy (non-hydrogen) atoms. The molecule has 0 aliphatic heterocycles. The van der Waals surface area contributed by atoms with Gasteiger partial charge in [-0.2, -0.15) is 0 Å². The van der Waals surface area contributed by atoms with Gasteiger partial charge in [0.15, 0.2) is 0 Å². The van der Waals surface area contributed by atoms with Crippen LogP contribution in [0.15, 0.2) is 28.0 Å². The molecule has 0 unspecified atom stereocenters. The molecule has 2 heteroatoms. The third-order valence-electron chi connectivity index (χ3n) is 10.8. The van der Waals surface area contributed by atoms with E-state index in [1.165, 1.54) is 258 Å². The first kappa shape index (κ1) is 47.9. The van der Waals surface area contributed by atoms with Crippen LogP contribution >= 0.6 is 23.5 Å². The van der Waals surface area contributed by atoms with Crippen LogP contribution in [0, 0.1) is 6.92 Å². The summed E-state index contributed by atoms with van der Waals surface area (Å²) < 4.78 is 0. The van der Waals surface area contributed by atoms with Crippen molar-refractivity contribution in [1.29, 1.82) is 0 Å². The van der Waals surface area contributed by atoms with E-state index in [1.807, 2.05) is 0 Å². The highest BCUT2D eigenvalue weighted by Crippen LogP contribution is 2.29. The SMILES string of the molecule is [CH2]Cc1cc(SCCCCCCCCCCCCCCCCCCCC)cc(SCCCCCCCCCCCCCCCCCCCC)c1. The van der Waals surface area contributed by atoms with Crippen LogP contribution in [-0.2, 0) is 6.42 Å². The maximum atomic E-state index is 4.19. The van der Waals surface area contributed by atoms with Crippen molar-refractivity contribution in [3.8, 4) is 0 Å². The van der Waals surface area contributed by atoms with Gasteiger partial charge < -0.3 is 0 Å². The van der Waals surface area contributed by atoms with Crippen LogP contribution < -0.4 is 0 Å². The lowest BCUT2D eigenvalue weighted by molar-refractivity contribution is 0.526. The molecule has 0 nitrogen and oxygen atoms in total. The van der Waals surface area contributed by atoms with Gasteiger partial charge in [-0.3, -0.25) is 0 Å². The van der Waals surface area contributed by atoms with E-state index in [0.29, 0.717) is 0 Å². The topological polar surface area (TPSA) is 0 Å². The molecule has 0 saturated carbocycles. The fraction of sp³-hybridized carbons (Fsp3) is 0.854. The Kier molecular flexibility index (Phi) is 38.5. The number of hydrogen-bond donors (Lipinski definition) is 0. The van der Waals surface area contributed by atoms with Crippen molar-refractivity contribution in [3.05, 3.63) is 30.7 Å². The van der Waals surface area contributed by atoms with Gasteiger partial charge in [-0.05, 0) is 61.5 Å². The average Bonchev–Trinajstić information content (AvgIpc) is 3.13. The van der Waals surface area contributed by atoms with Crippen molar-refractivity contribution < 1.29 is 0 Å². The Hall–Kier alpha value is -0.0800. The Morgan fingerprint density at radius 3 is 0.760 bits per heavy atom. The third-order valence-corrected chi connectivity index (χ3v) is 12.9. The molecule has 0 heterocycles. The standard InChI is InChI=1S/C48H89S2/c1-4-7-9-11-13-15-17-19-21-23-25-27-29-31-33-35-37-39-41-49-47-43-46(6-3)44-48(45-47)50-42-40-38-36-34-32-30-28-26-24-22-20-18-16-14-12-10-8-5-2/h43-45H,3-42H2,1-2H3. The van der Waals surface area contributed by atoms with E-state index in [1.54, 1.807) is 0 Å². The van der Waals surface area contributed by atoms with Crippen LogP contribution in [0.1, 0.15) is 251 Å². The first-order valence-electron chi connectivity index (χ1n) is 23.0. The molecule has 0 bridgehead atoms. The van der Waals surface area contributed by atoms with Gasteiger partial charge in [-0.25, -0.2) is 0 Å². The van der Waals surface area contributed by atoms with Crippen LogP contribution in [0.25, 0.3) is 0 Å². The van der Waals surface area contributed by atoms with Gasteiger partial charge in [0.1, 0.15) is 0 Å². The normalized spacial score (nSPS) is 11.6. The first-order valence-corrected chi connectivity index (χ1v) is 25.0. The number of rotatable bonds is 41. The van der Waals surface area contributed by atoms with Gasteiger partial charge in [0, 0.05) is 9.79 Å². The summed E-state index contributed by atoms with van der Waals surface area (Å²) in [5, 5.41) is 0. The van der Waals surface area contributed by atoms with Crippen molar-refractivity contribution in [2.24, 2.45) is 0 Å². The summed E-state index contributed by atoms with van der Waals surface area (Å²) >= 11 is 4.16. The molecule has 0 aromatic heterocycles. The quantitative estimate of drug-likeness (QED) is 0.0486. The number of benzene rings is 1. The van der Waals surface area contributed by atoms with Gasteiger partial charge >= 0.3 is 0 Å². The molecule has 1 radical (unpaired) electrons. The lowest BCUT2D eigenvalue weighted by atomic mass is 10.0. The van der Waals surface area contributed by atoms with E-state index in [2.05, 4.69) is 62.5 Å². The largest absolute Gasteiger partial charge is 0.126 e. The van der Waals surface area contributed by atoms with Crippen molar-refractivity contribution in [2.45, 2.75) is 261 Å². The Morgan fingerprint density at radius 2 is 0.540 bits per heavy atom. The summed E-state index contributed by atoms with van der Waals surface area (Å²) in [5.74, 6) is 2.53. The van der Waals surface area contributed by atoms with E-state index >= 15 is 0 Å². The minimum atomic E-state index is 0.903. The average molecular weight is 730 g/mol. The Morgan fingerprint density at radius 1 is 0.320 bits per heavy atom. The van der Waals surface area contributed by atoms with Crippen LogP contribution in [0.3, 0.4) is 0 Å². The van der Waals surface area contributed by atoms with E-state index in [0.717, 1.165) is 6.42 Å². The summed E-state index contributed by atoms with van der Waals surface area (Å²) in [6.45, 7) is 8.81. The zero-order chi connectivity index (χ0) is 35.8. The highest BCUT2D eigenvalue weighted by Gasteiger charge is 2.04. The van der Waals surface area contributed by atoms with Gasteiger partial charge in [-0.15, -0.1) is 23.5 Å². The van der Waals surface area contributed by atoms with Crippen molar-refractivity contribution >= 4 is 23.5 Å². The lowest BCUT2D eigenvalue weighted by Gasteiger charge is -2.09. The second kappa shape index (κ2) is 40.1. The van der Waals surface area contributed by atoms with E-state index in [4.69, 9.17) is 0 Å². The molecule has 1 aromatic carbocycles. The first-order chi connectivity index (χ1) is 24.8. The van der Waals surface area contributed by atoms with Crippen LogP contribution in [0.4, 0.5) is 0 Å². The summed E-state index contributed by atoms with van der Waals surface area (Å²) in [6, 6.07) is 7.25. The molecule has 0 aliphatic rings. The molecule has 0 N–H and O–H groups in total. The van der Waals surface area contributed by atoms with Gasteiger partial charge in [0.2, 0.25) is 0 Å². The number of thioether (sulfide) groups is 2. The van der Waals surface area contributed by atoms with E-state index in [-0.39, 0.29) is 0 Å². The monoisotopic (exact) mass is 730 g/mol. The van der Waals surface area contributed by atoms with E-state index < -0.39 is 0 Å². The van der Waals surface area contributed by atoms with Gasteiger partial charge in [-0.1, -0.05) is 232 Å². The maximum Gasteiger partial charge on any atom is 0.00858 e. The molecule has 0 spiro atoms. The maximum absolute atomic E-state index is 4.19. The van der Waals surface area contributed by atoms with Crippen LogP contribution in [0.5, 0.6) is 0 Å². The number of hydrogen-bond acceptors (Lipinski definition) is 2. The lowest BCUT2D eigenvalue weighted by Crippen LogP contribution is -1.88. The predicted molar refractivity (Wildman–Crippen MR) is 235 cm³/mol. The summed E-state index contributed by atoms with van der Waals surface area (Å²) in [4.78, 5) is 2.94. The second-order valence-corrected chi connectivity index (χ2v) is 18.1. The zero-order valence-corrected chi connectivity index (χ0v) is 36.0. The van der Waals surface area contributed by atoms with Crippen LogP contribution in [0.2, 0.25) is 0 Å². The zero-order valence-electron chi connectivity index (χ0n) is 34.3. The fourth-order valence-corrected chi connectivity index (χ4v) is 9.46. The fourth-order valence-electron chi connectivity index (χ4n) is 7.33. The Labute approximate surface area is 325 Å². The smallest absolute Gasteiger partial charge is 0.00858 e. The molecule has 0 aliphatic carbocycles. The highest BCUT2D eigenvalue weighted by atomic mass is 32.2. The predicted octanol–water partition coefficient (Wildman–Crippen LogP) is 18.3. The molecule has 0 atom stereocenters. The van der Waals surface area contributed by atoms with E-state index in [9.17, 15) is 0 Å². The Bertz CT molecular complexity index is 728. The molecular formula is C48H89S2. The molecule has 0 fully saturated rings. The minimum Gasteiger partial charge on any atom is -0.126 e. The summed E-state index contributed by atoms with van der Waals surface area (Å²) in [7, 11) is 0. The molecule has 0 saturated heterocycles. The molecule has 293 valence electrons. The minimum absolute atomic E-state index is 0.903.